The van der Waals surface area contributed by atoms with Gasteiger partial charge in [0, 0.05) is 59.3 Å². The van der Waals surface area contributed by atoms with Gasteiger partial charge in [0.1, 0.15) is 29.6 Å². The summed E-state index contributed by atoms with van der Waals surface area (Å²) in [6, 6.07) is 15.7. The number of nitrogens with zero attached hydrogens (tertiary/aromatic N) is 6. The van der Waals surface area contributed by atoms with Gasteiger partial charge in [0.05, 0.1) is 5.52 Å². The normalized spacial score (nSPS) is 23.6. The summed E-state index contributed by atoms with van der Waals surface area (Å²) >= 11 is 0. The first-order valence-electron chi connectivity index (χ1n) is 16.1. The van der Waals surface area contributed by atoms with Crippen molar-refractivity contribution in [1.29, 1.82) is 5.26 Å². The number of halogens is 1. The van der Waals surface area contributed by atoms with Gasteiger partial charge in [-0.1, -0.05) is 12.1 Å². The molecule has 4 heterocycles. The lowest BCUT2D eigenvalue weighted by Crippen LogP contribution is -2.60. The van der Waals surface area contributed by atoms with Crippen molar-refractivity contribution in [3.8, 4) is 6.07 Å². The average molecular weight is 594 g/mol. The summed E-state index contributed by atoms with van der Waals surface area (Å²) in [6.07, 6.45) is 6.47. The van der Waals surface area contributed by atoms with Crippen molar-refractivity contribution in [3.63, 3.8) is 0 Å². The van der Waals surface area contributed by atoms with Crippen LogP contribution in [0.25, 0.3) is 21.8 Å². The fourth-order valence-electron chi connectivity index (χ4n) is 8.28. The van der Waals surface area contributed by atoms with Crippen LogP contribution in [0, 0.1) is 23.7 Å². The van der Waals surface area contributed by atoms with Crippen LogP contribution in [0.15, 0.2) is 42.7 Å². The van der Waals surface area contributed by atoms with E-state index in [9.17, 15) is 9.65 Å². The third-order valence-corrected chi connectivity index (χ3v) is 10.8. The average Bonchev–Trinajstić information content (AvgIpc) is 3.35. The Morgan fingerprint density at radius 2 is 1.82 bits per heavy atom. The van der Waals surface area contributed by atoms with Crippen molar-refractivity contribution < 1.29 is 4.39 Å². The summed E-state index contributed by atoms with van der Waals surface area (Å²) < 4.78 is 16.7. The first-order valence-corrected chi connectivity index (χ1v) is 16.1. The van der Waals surface area contributed by atoms with Gasteiger partial charge >= 0.3 is 0 Å². The molecular weight excluding hydrogens is 549 g/mol. The van der Waals surface area contributed by atoms with Crippen LogP contribution in [0.1, 0.15) is 68.8 Å². The maximum Gasteiger partial charge on any atom is 0.139 e. The molecule has 7 nitrogen and oxygen atoms in total. The van der Waals surface area contributed by atoms with E-state index in [4.69, 9.17) is 0 Å². The number of alkyl halides is 1. The van der Waals surface area contributed by atoms with Crippen molar-refractivity contribution in [2.24, 2.45) is 5.41 Å². The number of rotatable bonds is 7. The van der Waals surface area contributed by atoms with E-state index in [2.05, 4.69) is 73.8 Å². The van der Waals surface area contributed by atoms with E-state index in [1.54, 1.807) is 20.2 Å². The van der Waals surface area contributed by atoms with Crippen molar-refractivity contribution >= 4 is 27.6 Å². The number of hydrogen-bond donors (Lipinski definition) is 1. The van der Waals surface area contributed by atoms with Gasteiger partial charge in [-0.3, -0.25) is 4.90 Å². The second-order valence-corrected chi connectivity index (χ2v) is 14.7. The summed E-state index contributed by atoms with van der Waals surface area (Å²) in [7, 11) is 2.02. The molecule has 2 saturated heterocycles. The smallest absolute Gasteiger partial charge is 0.139 e. The van der Waals surface area contributed by atoms with Crippen molar-refractivity contribution in [3.05, 3.63) is 65.1 Å². The highest BCUT2D eigenvalue weighted by Gasteiger charge is 2.46. The molecule has 0 amide bonds. The monoisotopic (exact) mass is 593 g/mol. The van der Waals surface area contributed by atoms with Crippen LogP contribution in [0.4, 0.5) is 10.2 Å². The van der Waals surface area contributed by atoms with E-state index in [0.717, 1.165) is 73.5 Å². The molecule has 2 aromatic carbocycles. The third kappa shape index (κ3) is 5.04. The highest BCUT2D eigenvalue weighted by Crippen LogP contribution is 2.45. The summed E-state index contributed by atoms with van der Waals surface area (Å²) in [5.41, 5.74) is 5.57. The van der Waals surface area contributed by atoms with Gasteiger partial charge in [0.25, 0.3) is 0 Å². The number of hydrogen-bond acceptors (Lipinski definition) is 6. The second-order valence-electron chi connectivity index (χ2n) is 14.7. The minimum absolute atomic E-state index is 0.0159. The lowest BCUT2D eigenvalue weighted by molar-refractivity contribution is 0.0720. The number of aryl methyl sites for hydroxylation is 1. The Morgan fingerprint density at radius 1 is 1.07 bits per heavy atom. The van der Waals surface area contributed by atoms with Crippen molar-refractivity contribution in [1.82, 2.24) is 24.8 Å². The highest BCUT2D eigenvalue weighted by molar-refractivity contribution is 5.90. The topological polar surface area (TPSA) is 73.0 Å². The van der Waals surface area contributed by atoms with E-state index < -0.39 is 5.67 Å². The number of nitrogens with one attached hydrogen (secondary N) is 1. The Bertz CT molecular complexity index is 1760. The van der Waals surface area contributed by atoms with Crippen LogP contribution >= 0.6 is 0 Å². The number of anilines is 1. The van der Waals surface area contributed by atoms with Gasteiger partial charge in [0.2, 0.25) is 0 Å². The first kappa shape index (κ1) is 29.2. The molecule has 2 aliphatic heterocycles. The zero-order valence-corrected chi connectivity index (χ0v) is 26.8. The fourth-order valence-corrected chi connectivity index (χ4v) is 8.28. The van der Waals surface area contributed by atoms with Crippen LogP contribution in [0.2, 0.25) is 0 Å². The standard InChI is InChI=1S/C36H44FN7/c1-24-26(7-9-32-29(24)15-28(19-38)44(32)35(4)17-27(18-35)39-5)20-42-12-10-36(11-13-42)21-43(22-36)33-30-14-25(16-34(2,3)37)6-8-31(30)40-23-41-33/h6-9,14-15,23,27,39H,10-13,16-18,20-22H2,1-5H3. The molecule has 1 aliphatic carbocycles. The SMILES string of the molecule is CNC1CC(C)(n2c(C#N)cc3c(C)c(CN4CCC5(CC4)CN(c4ncnc6ccc(CC(C)(C)F)cc46)C5)ccc32)C1. The van der Waals surface area contributed by atoms with Gasteiger partial charge in [-0.15, -0.1) is 0 Å². The van der Waals surface area contributed by atoms with Crippen LogP contribution in [-0.4, -0.2) is 64.4 Å². The largest absolute Gasteiger partial charge is 0.355 e. The van der Waals surface area contributed by atoms with Crippen LogP contribution < -0.4 is 10.2 Å². The minimum Gasteiger partial charge on any atom is -0.355 e. The maximum atomic E-state index is 14.4. The van der Waals surface area contributed by atoms with Crippen molar-refractivity contribution in [2.45, 2.75) is 83.6 Å². The van der Waals surface area contributed by atoms with E-state index in [-0.39, 0.29) is 5.54 Å². The van der Waals surface area contributed by atoms with Gasteiger partial charge in [-0.2, -0.15) is 5.26 Å². The molecule has 1 N–H and O–H groups in total. The van der Waals surface area contributed by atoms with E-state index in [0.29, 0.717) is 17.9 Å². The molecular formula is C36H44FN7. The number of benzene rings is 2. The third-order valence-electron chi connectivity index (χ3n) is 10.8. The quantitative estimate of drug-likeness (QED) is 0.273. The Balaban J connectivity index is 1.02. The molecule has 0 atom stereocenters. The predicted molar refractivity (Wildman–Crippen MR) is 175 cm³/mol. The molecule has 3 fully saturated rings. The van der Waals surface area contributed by atoms with Crippen LogP contribution in [-0.2, 0) is 18.5 Å². The van der Waals surface area contributed by atoms with Gasteiger partial charge in [-0.25, -0.2) is 14.4 Å². The van der Waals surface area contributed by atoms with Crippen molar-refractivity contribution in [2.75, 3.05) is 38.1 Å². The number of fused-ring (bicyclic) bond motifs is 2. The molecule has 7 rings (SSSR count). The molecule has 4 aromatic rings. The van der Waals surface area contributed by atoms with Crippen LogP contribution in [0.5, 0.6) is 0 Å². The molecule has 0 bridgehead atoms. The van der Waals surface area contributed by atoms with Gasteiger partial charge in [0.15, 0.2) is 0 Å². The zero-order chi connectivity index (χ0) is 30.9. The summed E-state index contributed by atoms with van der Waals surface area (Å²) in [4.78, 5) is 14.1. The Labute approximate surface area is 260 Å². The highest BCUT2D eigenvalue weighted by atomic mass is 19.1. The predicted octanol–water partition coefficient (Wildman–Crippen LogP) is 6.25. The van der Waals surface area contributed by atoms with E-state index in [1.807, 2.05) is 19.2 Å². The van der Waals surface area contributed by atoms with E-state index in [1.165, 1.54) is 34.9 Å². The molecule has 1 spiro atoms. The summed E-state index contributed by atoms with van der Waals surface area (Å²) in [5.74, 6) is 0.978. The summed E-state index contributed by atoms with van der Waals surface area (Å²) in [5, 5.41) is 15.6. The summed E-state index contributed by atoms with van der Waals surface area (Å²) in [6.45, 7) is 12.9. The molecule has 2 aromatic heterocycles. The second kappa shape index (κ2) is 10.5. The lowest BCUT2D eigenvalue weighted by atomic mass is 9.72. The number of nitriles is 1. The zero-order valence-electron chi connectivity index (χ0n) is 26.8. The molecule has 0 radical (unpaired) electrons. The van der Waals surface area contributed by atoms with Crippen LogP contribution in [0.3, 0.4) is 0 Å². The number of likely N-dealkylation sites (tertiary alicyclic amines) is 1. The van der Waals surface area contributed by atoms with Gasteiger partial charge < -0.3 is 14.8 Å². The molecule has 1 saturated carbocycles. The fraction of sp³-hybridized carbons (Fsp3) is 0.528. The molecule has 8 heteroatoms. The Kier molecular flexibility index (Phi) is 6.98. The van der Waals surface area contributed by atoms with E-state index >= 15 is 0 Å². The molecule has 230 valence electrons. The maximum absolute atomic E-state index is 14.4. The molecule has 0 unspecified atom stereocenters. The first-order chi connectivity index (χ1) is 21.0. The number of aromatic nitrogens is 3. The molecule has 44 heavy (non-hydrogen) atoms. The lowest BCUT2D eigenvalue weighted by Gasteiger charge is -2.54. The van der Waals surface area contributed by atoms with Gasteiger partial charge in [-0.05, 0) is 114 Å². The minimum atomic E-state index is -1.25. The number of piperidine rings is 1. The Hall–Kier alpha value is -3.54. The Morgan fingerprint density at radius 3 is 2.50 bits per heavy atom. The molecule has 3 aliphatic rings.